The Balaban J connectivity index is 2.06. The molecular weight excluding hydrogens is 350 g/mol. The predicted octanol–water partition coefficient (Wildman–Crippen LogP) is 3.52. The van der Waals surface area contributed by atoms with Crippen LogP contribution in [0.3, 0.4) is 0 Å². The number of hydrogen-bond acceptors (Lipinski definition) is 6. The van der Waals surface area contributed by atoms with E-state index in [-0.39, 0.29) is 13.2 Å². The van der Waals surface area contributed by atoms with Crippen molar-refractivity contribution in [1.29, 1.82) is 0 Å². The van der Waals surface area contributed by atoms with Crippen LogP contribution >= 0.6 is 0 Å². The number of ether oxygens (including phenoxy) is 3. The average Bonchev–Trinajstić information content (AvgIpc) is 2.71. The standard InChI is InChI=1S/C20H21NO6/c1-15(18(22)25-2)21(19(23)26-13-16-9-5-3-6-10-16)20(24)27-14-17-11-7-4-8-12-17/h3-12,15H,13-14H2,1-2H3/t15-/m0/s1. The van der Waals surface area contributed by atoms with Crippen molar-refractivity contribution in [3.8, 4) is 0 Å². The van der Waals surface area contributed by atoms with Gasteiger partial charge in [-0.1, -0.05) is 60.7 Å². The van der Waals surface area contributed by atoms with Gasteiger partial charge in [-0.05, 0) is 18.1 Å². The number of nitrogens with zero attached hydrogens (tertiary/aromatic N) is 1. The lowest BCUT2D eigenvalue weighted by molar-refractivity contribution is -0.145. The molecule has 2 aromatic carbocycles. The number of hydrogen-bond donors (Lipinski definition) is 0. The molecule has 0 spiro atoms. The normalized spacial score (nSPS) is 11.2. The number of rotatable bonds is 6. The molecule has 7 nitrogen and oxygen atoms in total. The Kier molecular flexibility index (Phi) is 7.37. The van der Waals surface area contributed by atoms with E-state index in [1.54, 1.807) is 48.5 Å². The lowest BCUT2D eigenvalue weighted by Crippen LogP contribution is -2.48. The second-order valence-corrected chi connectivity index (χ2v) is 5.65. The molecule has 0 unspecified atom stereocenters. The van der Waals surface area contributed by atoms with Crippen LogP contribution in [0.1, 0.15) is 18.1 Å². The van der Waals surface area contributed by atoms with Crippen molar-refractivity contribution in [2.45, 2.75) is 26.2 Å². The molecule has 0 aliphatic carbocycles. The van der Waals surface area contributed by atoms with Gasteiger partial charge in [0.2, 0.25) is 0 Å². The number of benzene rings is 2. The molecule has 2 aromatic rings. The van der Waals surface area contributed by atoms with Gasteiger partial charge in [-0.25, -0.2) is 14.4 Å². The van der Waals surface area contributed by atoms with E-state index in [0.29, 0.717) is 4.90 Å². The zero-order valence-corrected chi connectivity index (χ0v) is 15.2. The molecule has 142 valence electrons. The smallest absolute Gasteiger partial charge is 0.420 e. The number of imide groups is 1. The molecule has 7 heteroatoms. The van der Waals surface area contributed by atoms with Gasteiger partial charge in [-0.3, -0.25) is 0 Å². The molecule has 2 rings (SSSR count). The van der Waals surface area contributed by atoms with Crippen molar-refractivity contribution in [2.24, 2.45) is 0 Å². The average molecular weight is 371 g/mol. The highest BCUT2D eigenvalue weighted by Crippen LogP contribution is 2.11. The molecule has 0 saturated carbocycles. The minimum Gasteiger partial charge on any atom is -0.467 e. The van der Waals surface area contributed by atoms with Crippen LogP contribution in [0.5, 0.6) is 0 Å². The lowest BCUT2D eigenvalue weighted by Gasteiger charge is -2.24. The largest absolute Gasteiger partial charge is 0.467 e. The molecule has 0 heterocycles. The highest BCUT2D eigenvalue weighted by atomic mass is 16.6. The summed E-state index contributed by atoms with van der Waals surface area (Å²) in [6, 6.07) is 16.8. The van der Waals surface area contributed by atoms with E-state index >= 15 is 0 Å². The Morgan fingerprint density at radius 1 is 0.815 bits per heavy atom. The Hall–Kier alpha value is -3.35. The first-order valence-electron chi connectivity index (χ1n) is 8.31. The number of methoxy groups -OCH3 is 1. The van der Waals surface area contributed by atoms with Crippen LogP contribution in [0.15, 0.2) is 60.7 Å². The van der Waals surface area contributed by atoms with E-state index in [9.17, 15) is 14.4 Å². The van der Waals surface area contributed by atoms with Crippen molar-refractivity contribution in [3.05, 3.63) is 71.8 Å². The Bertz CT molecular complexity index is 707. The fourth-order valence-corrected chi connectivity index (χ4v) is 2.24. The van der Waals surface area contributed by atoms with E-state index in [4.69, 9.17) is 9.47 Å². The van der Waals surface area contributed by atoms with Gasteiger partial charge in [0.1, 0.15) is 19.3 Å². The van der Waals surface area contributed by atoms with Gasteiger partial charge in [0.15, 0.2) is 0 Å². The van der Waals surface area contributed by atoms with Gasteiger partial charge >= 0.3 is 18.2 Å². The Morgan fingerprint density at radius 3 is 1.59 bits per heavy atom. The maximum atomic E-state index is 12.4. The zero-order valence-electron chi connectivity index (χ0n) is 15.2. The molecule has 0 fully saturated rings. The Morgan fingerprint density at radius 2 is 1.22 bits per heavy atom. The van der Waals surface area contributed by atoms with Crippen LogP contribution in [0.2, 0.25) is 0 Å². The van der Waals surface area contributed by atoms with E-state index < -0.39 is 24.2 Å². The summed E-state index contributed by atoms with van der Waals surface area (Å²) >= 11 is 0. The van der Waals surface area contributed by atoms with E-state index in [0.717, 1.165) is 11.1 Å². The van der Waals surface area contributed by atoms with E-state index in [1.165, 1.54) is 14.0 Å². The lowest BCUT2D eigenvalue weighted by atomic mass is 10.2. The Labute approximate surface area is 157 Å². The summed E-state index contributed by atoms with van der Waals surface area (Å²) in [5, 5.41) is 0. The van der Waals surface area contributed by atoms with Crippen LogP contribution in [0.25, 0.3) is 0 Å². The predicted molar refractivity (Wildman–Crippen MR) is 96.6 cm³/mol. The van der Waals surface area contributed by atoms with Gasteiger partial charge < -0.3 is 14.2 Å². The summed E-state index contributed by atoms with van der Waals surface area (Å²) < 4.78 is 14.9. The van der Waals surface area contributed by atoms with Gasteiger partial charge in [0.25, 0.3) is 0 Å². The van der Waals surface area contributed by atoms with Crippen LogP contribution in [0.4, 0.5) is 9.59 Å². The van der Waals surface area contributed by atoms with Crippen LogP contribution in [0, 0.1) is 0 Å². The SMILES string of the molecule is COC(=O)[C@H](C)N(C(=O)OCc1ccccc1)C(=O)OCc1ccccc1. The van der Waals surface area contributed by atoms with Gasteiger partial charge in [0, 0.05) is 0 Å². The first-order valence-corrected chi connectivity index (χ1v) is 8.31. The highest BCUT2D eigenvalue weighted by Gasteiger charge is 2.35. The van der Waals surface area contributed by atoms with Crippen molar-refractivity contribution >= 4 is 18.2 Å². The first kappa shape index (κ1) is 20.0. The summed E-state index contributed by atoms with van der Waals surface area (Å²) in [6.45, 7) is 1.27. The number of esters is 1. The monoisotopic (exact) mass is 371 g/mol. The third kappa shape index (κ3) is 5.85. The third-order valence-corrected chi connectivity index (χ3v) is 3.73. The molecule has 27 heavy (non-hydrogen) atoms. The molecule has 0 aliphatic rings. The second kappa shape index (κ2) is 9.96. The molecule has 1 atom stereocenters. The van der Waals surface area contributed by atoms with E-state index in [1.807, 2.05) is 12.1 Å². The van der Waals surface area contributed by atoms with Gasteiger partial charge in [-0.15, -0.1) is 0 Å². The summed E-state index contributed by atoms with van der Waals surface area (Å²) in [7, 11) is 1.17. The highest BCUT2D eigenvalue weighted by molar-refractivity contribution is 5.93. The topological polar surface area (TPSA) is 82.1 Å². The van der Waals surface area contributed by atoms with E-state index in [2.05, 4.69) is 4.74 Å². The number of carbonyl (C=O) groups is 3. The molecular formula is C20H21NO6. The van der Waals surface area contributed by atoms with Crippen LogP contribution in [-0.2, 0) is 32.2 Å². The summed E-state index contributed by atoms with van der Waals surface area (Å²) in [5.41, 5.74) is 1.49. The molecule has 0 aromatic heterocycles. The van der Waals surface area contributed by atoms with Crippen molar-refractivity contribution in [3.63, 3.8) is 0 Å². The van der Waals surface area contributed by atoms with Crippen molar-refractivity contribution in [2.75, 3.05) is 7.11 Å². The minimum absolute atomic E-state index is 0.0456. The summed E-state index contributed by atoms with van der Waals surface area (Å²) in [6.07, 6.45) is -1.98. The van der Waals surface area contributed by atoms with Crippen LogP contribution < -0.4 is 0 Å². The van der Waals surface area contributed by atoms with Crippen molar-refractivity contribution < 1.29 is 28.6 Å². The summed E-state index contributed by atoms with van der Waals surface area (Å²) in [5.74, 6) is -0.761. The fourth-order valence-electron chi connectivity index (χ4n) is 2.24. The van der Waals surface area contributed by atoms with Gasteiger partial charge in [-0.2, -0.15) is 4.90 Å². The maximum absolute atomic E-state index is 12.4. The molecule has 0 aliphatic heterocycles. The van der Waals surface area contributed by atoms with Crippen molar-refractivity contribution in [1.82, 2.24) is 4.90 Å². The fraction of sp³-hybridized carbons (Fsp3) is 0.250. The molecule has 2 amide bonds. The second-order valence-electron chi connectivity index (χ2n) is 5.65. The first-order chi connectivity index (χ1) is 13.0. The zero-order chi connectivity index (χ0) is 19.6. The van der Waals surface area contributed by atoms with Gasteiger partial charge in [0.05, 0.1) is 7.11 Å². The third-order valence-electron chi connectivity index (χ3n) is 3.73. The summed E-state index contributed by atoms with van der Waals surface area (Å²) in [4.78, 5) is 37.3. The molecule has 0 bridgehead atoms. The minimum atomic E-state index is -1.19. The molecule has 0 N–H and O–H groups in total. The number of carbonyl (C=O) groups excluding carboxylic acids is 3. The number of amides is 2. The molecule has 0 radical (unpaired) electrons. The molecule has 0 saturated heterocycles. The van der Waals surface area contributed by atoms with Crippen LogP contribution in [-0.4, -0.2) is 36.2 Å². The maximum Gasteiger partial charge on any atom is 0.420 e. The quantitative estimate of drug-likeness (QED) is 0.571.